The van der Waals surface area contributed by atoms with Gasteiger partial charge >= 0.3 is 0 Å². The minimum Gasteiger partial charge on any atom is -0.348 e. The molecule has 3 rings (SSSR count). The fourth-order valence-electron chi connectivity index (χ4n) is 2.17. The number of carbonyl (C=O) groups is 1. The number of H-pyrrole nitrogens is 1. The Morgan fingerprint density at radius 1 is 1.56 bits per heavy atom. The van der Waals surface area contributed by atoms with Gasteiger partial charge in [0.25, 0.3) is 5.91 Å². The van der Waals surface area contributed by atoms with Crippen LogP contribution in [-0.2, 0) is 13.0 Å². The molecule has 0 radical (unpaired) electrons. The number of fused-ring (bicyclic) bond motifs is 1. The molecule has 5 heteroatoms. The van der Waals surface area contributed by atoms with Crippen LogP contribution in [0.2, 0.25) is 0 Å². The Balaban J connectivity index is 1.78. The van der Waals surface area contributed by atoms with Gasteiger partial charge in [0.05, 0.1) is 0 Å². The minimum absolute atomic E-state index is 0.0319. The number of amides is 1. The predicted molar refractivity (Wildman–Crippen MR) is 59.0 cm³/mol. The van der Waals surface area contributed by atoms with Crippen LogP contribution in [0, 0.1) is 5.92 Å². The molecule has 3 N–H and O–H groups in total. The zero-order chi connectivity index (χ0) is 11.1. The number of aromatic nitrogens is 2. The molecule has 2 aliphatic rings. The molecule has 1 aromatic rings. The van der Waals surface area contributed by atoms with Crippen LogP contribution < -0.4 is 10.6 Å². The Kier molecular flexibility index (Phi) is 2.21. The molecule has 1 aliphatic heterocycles. The largest absolute Gasteiger partial charge is 0.348 e. The lowest BCUT2D eigenvalue weighted by molar-refractivity contribution is 0.0943. The molecule has 5 nitrogen and oxygen atoms in total. The SMILES string of the molecule is CC1CC1NC(=O)c1n[nH]c2c1CNCC2. The summed E-state index contributed by atoms with van der Waals surface area (Å²) in [5.41, 5.74) is 2.71. The molecule has 0 saturated heterocycles. The van der Waals surface area contributed by atoms with Crippen molar-refractivity contribution < 1.29 is 4.79 Å². The van der Waals surface area contributed by atoms with E-state index in [0.29, 0.717) is 17.7 Å². The minimum atomic E-state index is -0.0319. The molecule has 1 amide bonds. The first kappa shape index (κ1) is 9.84. The van der Waals surface area contributed by atoms with Crippen molar-refractivity contribution in [3.63, 3.8) is 0 Å². The van der Waals surface area contributed by atoms with Crippen molar-refractivity contribution in [1.29, 1.82) is 0 Å². The molecule has 0 spiro atoms. The molecule has 2 heterocycles. The molecule has 1 aliphatic carbocycles. The maximum absolute atomic E-state index is 12.0. The molecule has 0 aromatic carbocycles. The van der Waals surface area contributed by atoms with Crippen molar-refractivity contribution in [3.8, 4) is 0 Å². The summed E-state index contributed by atoms with van der Waals surface area (Å²) in [6.07, 6.45) is 2.02. The lowest BCUT2D eigenvalue weighted by Gasteiger charge is -2.12. The number of nitrogens with zero attached hydrogens (tertiary/aromatic N) is 1. The van der Waals surface area contributed by atoms with Gasteiger partial charge in [0.15, 0.2) is 5.69 Å². The summed E-state index contributed by atoms with van der Waals surface area (Å²) < 4.78 is 0. The van der Waals surface area contributed by atoms with E-state index < -0.39 is 0 Å². The van der Waals surface area contributed by atoms with Gasteiger partial charge in [-0.2, -0.15) is 5.10 Å². The Labute approximate surface area is 94.0 Å². The zero-order valence-corrected chi connectivity index (χ0v) is 9.34. The van der Waals surface area contributed by atoms with Crippen LogP contribution in [0.1, 0.15) is 35.1 Å². The van der Waals surface area contributed by atoms with Gasteiger partial charge in [-0.1, -0.05) is 6.92 Å². The number of rotatable bonds is 2. The lowest BCUT2D eigenvalue weighted by Crippen LogP contribution is -2.30. The van der Waals surface area contributed by atoms with Crippen LogP contribution in [0.5, 0.6) is 0 Å². The fourth-order valence-corrected chi connectivity index (χ4v) is 2.17. The molecule has 1 aromatic heterocycles. The second-order valence-electron chi connectivity index (χ2n) is 4.75. The summed E-state index contributed by atoms with van der Waals surface area (Å²) in [5, 5.41) is 13.4. The standard InChI is InChI=1S/C11H16N4O/c1-6-4-9(6)13-11(16)10-7-5-12-3-2-8(7)14-15-10/h6,9,12H,2-5H2,1H3,(H,13,16)(H,14,15). The van der Waals surface area contributed by atoms with Gasteiger partial charge in [-0.05, 0) is 12.3 Å². The summed E-state index contributed by atoms with van der Waals surface area (Å²) in [5.74, 6) is 0.590. The van der Waals surface area contributed by atoms with Crippen molar-refractivity contribution in [2.75, 3.05) is 6.54 Å². The van der Waals surface area contributed by atoms with E-state index in [1.807, 2.05) is 0 Å². The third kappa shape index (κ3) is 1.61. The van der Waals surface area contributed by atoms with E-state index in [1.165, 1.54) is 0 Å². The van der Waals surface area contributed by atoms with Crippen molar-refractivity contribution >= 4 is 5.91 Å². The van der Waals surface area contributed by atoms with Crippen LogP contribution in [0.3, 0.4) is 0 Å². The number of hydrogen-bond acceptors (Lipinski definition) is 3. The number of hydrogen-bond donors (Lipinski definition) is 3. The molecule has 86 valence electrons. The Morgan fingerprint density at radius 2 is 2.38 bits per heavy atom. The summed E-state index contributed by atoms with van der Waals surface area (Å²) in [6, 6.07) is 0.358. The maximum atomic E-state index is 12.0. The van der Waals surface area contributed by atoms with Crippen molar-refractivity contribution in [3.05, 3.63) is 17.0 Å². The topological polar surface area (TPSA) is 69.8 Å². The van der Waals surface area contributed by atoms with E-state index in [9.17, 15) is 4.79 Å². The third-order valence-corrected chi connectivity index (χ3v) is 3.45. The molecule has 2 unspecified atom stereocenters. The number of nitrogens with one attached hydrogen (secondary N) is 3. The Bertz CT molecular complexity index is 426. The second kappa shape index (κ2) is 3.59. The van der Waals surface area contributed by atoms with Gasteiger partial charge in [-0.25, -0.2) is 0 Å². The van der Waals surface area contributed by atoms with E-state index in [4.69, 9.17) is 0 Å². The van der Waals surface area contributed by atoms with Gasteiger partial charge in [0.1, 0.15) is 0 Å². The number of carbonyl (C=O) groups excluding carboxylic acids is 1. The first-order chi connectivity index (χ1) is 7.75. The van der Waals surface area contributed by atoms with Gasteiger partial charge in [0, 0.05) is 36.8 Å². The molecular weight excluding hydrogens is 204 g/mol. The average molecular weight is 220 g/mol. The van der Waals surface area contributed by atoms with E-state index in [0.717, 1.165) is 37.2 Å². The molecule has 1 saturated carbocycles. The fraction of sp³-hybridized carbons (Fsp3) is 0.636. The highest BCUT2D eigenvalue weighted by molar-refractivity contribution is 5.94. The molecule has 0 bridgehead atoms. The summed E-state index contributed by atoms with van der Waals surface area (Å²) in [6.45, 7) is 3.84. The first-order valence-corrected chi connectivity index (χ1v) is 5.83. The van der Waals surface area contributed by atoms with Crippen molar-refractivity contribution in [1.82, 2.24) is 20.8 Å². The molecule has 1 fully saturated rings. The smallest absolute Gasteiger partial charge is 0.272 e. The van der Waals surface area contributed by atoms with E-state index in [2.05, 4.69) is 27.8 Å². The third-order valence-electron chi connectivity index (χ3n) is 3.45. The zero-order valence-electron chi connectivity index (χ0n) is 9.34. The first-order valence-electron chi connectivity index (χ1n) is 5.83. The second-order valence-corrected chi connectivity index (χ2v) is 4.75. The van der Waals surface area contributed by atoms with Crippen molar-refractivity contribution in [2.24, 2.45) is 5.92 Å². The van der Waals surface area contributed by atoms with Crippen LogP contribution >= 0.6 is 0 Å². The van der Waals surface area contributed by atoms with Crippen LogP contribution in [0.25, 0.3) is 0 Å². The predicted octanol–water partition coefficient (Wildman–Crippen LogP) is 0.194. The summed E-state index contributed by atoms with van der Waals surface area (Å²) in [7, 11) is 0. The van der Waals surface area contributed by atoms with Gasteiger partial charge < -0.3 is 10.6 Å². The van der Waals surface area contributed by atoms with Crippen LogP contribution in [-0.4, -0.2) is 28.7 Å². The van der Waals surface area contributed by atoms with E-state index in [-0.39, 0.29) is 5.91 Å². The molecule has 16 heavy (non-hydrogen) atoms. The Morgan fingerprint density at radius 3 is 3.12 bits per heavy atom. The van der Waals surface area contributed by atoms with Gasteiger partial charge in [0.2, 0.25) is 0 Å². The van der Waals surface area contributed by atoms with Crippen molar-refractivity contribution in [2.45, 2.75) is 32.4 Å². The van der Waals surface area contributed by atoms with Gasteiger partial charge in [-0.15, -0.1) is 0 Å². The lowest BCUT2D eigenvalue weighted by atomic mass is 10.1. The van der Waals surface area contributed by atoms with E-state index >= 15 is 0 Å². The number of aromatic amines is 1. The van der Waals surface area contributed by atoms with Crippen LogP contribution in [0.4, 0.5) is 0 Å². The highest BCUT2D eigenvalue weighted by atomic mass is 16.2. The van der Waals surface area contributed by atoms with Gasteiger partial charge in [-0.3, -0.25) is 9.89 Å². The highest BCUT2D eigenvalue weighted by Crippen LogP contribution is 2.29. The average Bonchev–Trinajstić information content (AvgIpc) is 2.82. The molecular formula is C11H16N4O. The normalized spacial score (nSPS) is 27.3. The van der Waals surface area contributed by atoms with E-state index in [1.54, 1.807) is 0 Å². The quantitative estimate of drug-likeness (QED) is 0.666. The maximum Gasteiger partial charge on any atom is 0.272 e. The summed E-state index contributed by atoms with van der Waals surface area (Å²) >= 11 is 0. The highest BCUT2D eigenvalue weighted by Gasteiger charge is 2.35. The Hall–Kier alpha value is -1.36. The monoisotopic (exact) mass is 220 g/mol. The van der Waals surface area contributed by atoms with Crippen LogP contribution in [0.15, 0.2) is 0 Å². The summed E-state index contributed by atoms with van der Waals surface area (Å²) in [4.78, 5) is 12.0. The molecule has 2 atom stereocenters.